The van der Waals surface area contributed by atoms with E-state index < -0.39 is 0 Å². The number of rotatable bonds is 6. The van der Waals surface area contributed by atoms with E-state index in [1.165, 1.54) is 11.1 Å². The van der Waals surface area contributed by atoms with Gasteiger partial charge in [0.1, 0.15) is 5.75 Å². The number of pyridine rings is 1. The summed E-state index contributed by atoms with van der Waals surface area (Å²) in [4.78, 5) is 4.53. The first-order valence-corrected chi connectivity index (χ1v) is 7.55. The summed E-state index contributed by atoms with van der Waals surface area (Å²) in [6.45, 7) is 10.3. The lowest BCUT2D eigenvalue weighted by molar-refractivity contribution is 0.460. The van der Waals surface area contributed by atoms with Crippen LogP contribution >= 0.6 is 0 Å². The number of nitrogens with zero attached hydrogens (tertiary/aromatic N) is 1. The van der Waals surface area contributed by atoms with Crippen molar-refractivity contribution in [2.24, 2.45) is 0 Å². The van der Waals surface area contributed by atoms with Gasteiger partial charge < -0.3 is 10.1 Å². The van der Waals surface area contributed by atoms with Crippen molar-refractivity contribution in [3.05, 3.63) is 53.2 Å². The monoisotopic (exact) mass is 284 g/mol. The Morgan fingerprint density at radius 1 is 1.19 bits per heavy atom. The zero-order chi connectivity index (χ0) is 15.2. The minimum absolute atomic E-state index is 0.491. The minimum Gasteiger partial charge on any atom is -0.439 e. The molecular weight excluding hydrogens is 260 g/mol. The quantitative estimate of drug-likeness (QED) is 0.853. The minimum atomic E-state index is 0.491. The first-order chi connectivity index (χ1) is 10.1. The van der Waals surface area contributed by atoms with Gasteiger partial charge in [-0.2, -0.15) is 0 Å². The first kappa shape index (κ1) is 15.5. The molecule has 1 heterocycles. The Bertz CT molecular complexity index is 594. The van der Waals surface area contributed by atoms with E-state index in [4.69, 9.17) is 4.74 Å². The van der Waals surface area contributed by atoms with Gasteiger partial charge in [-0.05, 0) is 42.6 Å². The van der Waals surface area contributed by atoms with Crippen LogP contribution in [-0.4, -0.2) is 11.5 Å². The Morgan fingerprint density at radius 2 is 2.00 bits per heavy atom. The molecule has 0 radical (unpaired) electrons. The highest BCUT2D eigenvalue weighted by atomic mass is 16.5. The Balaban J connectivity index is 2.12. The number of ether oxygens (including phenoxy) is 1. The molecule has 3 nitrogen and oxygen atoms in total. The van der Waals surface area contributed by atoms with Crippen molar-refractivity contribution < 1.29 is 4.74 Å². The van der Waals surface area contributed by atoms with E-state index in [9.17, 15) is 0 Å². The van der Waals surface area contributed by atoms with Crippen LogP contribution < -0.4 is 10.1 Å². The second kappa shape index (κ2) is 7.23. The molecule has 0 aliphatic rings. The number of benzene rings is 1. The maximum Gasteiger partial charge on any atom is 0.219 e. The van der Waals surface area contributed by atoms with Gasteiger partial charge in [0, 0.05) is 18.3 Å². The van der Waals surface area contributed by atoms with Gasteiger partial charge >= 0.3 is 0 Å². The summed E-state index contributed by atoms with van der Waals surface area (Å²) < 4.78 is 5.88. The van der Waals surface area contributed by atoms with Gasteiger partial charge in [-0.1, -0.05) is 39.0 Å². The van der Waals surface area contributed by atoms with Crippen LogP contribution in [-0.2, 0) is 6.54 Å². The lowest BCUT2D eigenvalue weighted by atomic mass is 10.0. The van der Waals surface area contributed by atoms with Crippen molar-refractivity contribution in [2.45, 2.75) is 40.2 Å². The zero-order valence-corrected chi connectivity index (χ0v) is 13.3. The SMILES string of the molecule is CCNCc1ccc(Oc2cccc(C(C)C)c2)nc1C. The van der Waals surface area contributed by atoms with Crippen LogP contribution in [0.15, 0.2) is 36.4 Å². The van der Waals surface area contributed by atoms with E-state index in [0.717, 1.165) is 24.5 Å². The molecule has 1 N–H and O–H groups in total. The third-order valence-electron chi connectivity index (χ3n) is 3.48. The second-order valence-electron chi connectivity index (χ2n) is 5.50. The number of aryl methyl sites for hydroxylation is 1. The van der Waals surface area contributed by atoms with Crippen molar-refractivity contribution in [3.8, 4) is 11.6 Å². The fourth-order valence-electron chi connectivity index (χ4n) is 2.13. The van der Waals surface area contributed by atoms with E-state index in [0.29, 0.717) is 11.8 Å². The van der Waals surface area contributed by atoms with Crippen LogP contribution in [0.25, 0.3) is 0 Å². The average Bonchev–Trinajstić information content (AvgIpc) is 2.47. The molecule has 0 spiro atoms. The molecule has 2 rings (SSSR count). The highest BCUT2D eigenvalue weighted by Gasteiger charge is 2.05. The Hall–Kier alpha value is -1.87. The average molecular weight is 284 g/mol. The molecule has 112 valence electrons. The van der Waals surface area contributed by atoms with E-state index in [-0.39, 0.29) is 0 Å². The molecule has 0 aliphatic carbocycles. The lowest BCUT2D eigenvalue weighted by Crippen LogP contribution is -2.13. The summed E-state index contributed by atoms with van der Waals surface area (Å²) in [5.74, 6) is 1.98. The Morgan fingerprint density at radius 3 is 2.67 bits per heavy atom. The first-order valence-electron chi connectivity index (χ1n) is 7.55. The summed E-state index contributed by atoms with van der Waals surface area (Å²) in [6.07, 6.45) is 0. The molecule has 2 aromatic rings. The van der Waals surface area contributed by atoms with Crippen LogP contribution in [0, 0.1) is 6.92 Å². The van der Waals surface area contributed by atoms with Crippen molar-refractivity contribution in [1.29, 1.82) is 0 Å². The molecule has 0 saturated heterocycles. The number of aromatic nitrogens is 1. The Kier molecular flexibility index (Phi) is 5.34. The number of hydrogen-bond donors (Lipinski definition) is 1. The molecule has 0 atom stereocenters. The summed E-state index contributed by atoms with van der Waals surface area (Å²) in [6, 6.07) is 12.2. The van der Waals surface area contributed by atoms with Gasteiger partial charge in [0.05, 0.1) is 0 Å². The number of nitrogens with one attached hydrogen (secondary N) is 1. The van der Waals surface area contributed by atoms with E-state index in [1.54, 1.807) is 0 Å². The van der Waals surface area contributed by atoms with Gasteiger partial charge in [-0.15, -0.1) is 0 Å². The summed E-state index contributed by atoms with van der Waals surface area (Å²) in [7, 11) is 0. The second-order valence-corrected chi connectivity index (χ2v) is 5.50. The van der Waals surface area contributed by atoms with Crippen LogP contribution in [0.1, 0.15) is 43.5 Å². The fraction of sp³-hybridized carbons (Fsp3) is 0.389. The largest absolute Gasteiger partial charge is 0.439 e. The third kappa shape index (κ3) is 4.30. The molecule has 1 aromatic carbocycles. The Labute approximate surface area is 127 Å². The van der Waals surface area contributed by atoms with E-state index >= 15 is 0 Å². The maximum absolute atomic E-state index is 5.88. The van der Waals surface area contributed by atoms with Crippen molar-refractivity contribution in [2.75, 3.05) is 6.54 Å². The summed E-state index contributed by atoms with van der Waals surface area (Å²) in [5.41, 5.74) is 3.49. The predicted molar refractivity (Wildman–Crippen MR) is 87.0 cm³/mol. The highest BCUT2D eigenvalue weighted by Crippen LogP contribution is 2.24. The molecule has 0 amide bonds. The fourth-order valence-corrected chi connectivity index (χ4v) is 2.13. The lowest BCUT2D eigenvalue weighted by Gasteiger charge is -2.11. The predicted octanol–water partition coefficient (Wildman–Crippen LogP) is 4.42. The summed E-state index contributed by atoms with van der Waals surface area (Å²) in [5, 5.41) is 3.31. The molecule has 21 heavy (non-hydrogen) atoms. The normalized spacial score (nSPS) is 10.9. The van der Waals surface area contributed by atoms with E-state index in [2.05, 4.69) is 49.3 Å². The van der Waals surface area contributed by atoms with E-state index in [1.807, 2.05) is 25.1 Å². The molecule has 3 heteroatoms. The molecule has 0 unspecified atom stereocenters. The molecule has 1 aromatic heterocycles. The molecule has 0 fully saturated rings. The van der Waals surface area contributed by atoms with Gasteiger partial charge in [-0.25, -0.2) is 4.98 Å². The highest BCUT2D eigenvalue weighted by molar-refractivity contribution is 5.34. The molecule has 0 saturated carbocycles. The van der Waals surface area contributed by atoms with Crippen molar-refractivity contribution in [1.82, 2.24) is 10.3 Å². The van der Waals surface area contributed by atoms with Crippen molar-refractivity contribution in [3.63, 3.8) is 0 Å². The number of hydrogen-bond acceptors (Lipinski definition) is 3. The molecule has 0 aliphatic heterocycles. The van der Waals surface area contributed by atoms with Crippen LogP contribution in [0.3, 0.4) is 0 Å². The van der Waals surface area contributed by atoms with Crippen LogP contribution in [0.2, 0.25) is 0 Å². The molecular formula is C18H24N2O. The van der Waals surface area contributed by atoms with Crippen LogP contribution in [0.4, 0.5) is 0 Å². The van der Waals surface area contributed by atoms with Gasteiger partial charge in [0.25, 0.3) is 0 Å². The smallest absolute Gasteiger partial charge is 0.219 e. The molecule has 0 bridgehead atoms. The van der Waals surface area contributed by atoms with Crippen molar-refractivity contribution >= 4 is 0 Å². The standard InChI is InChI=1S/C18H24N2O/c1-5-19-12-16-9-10-18(20-14(16)4)21-17-8-6-7-15(11-17)13(2)3/h6-11,13,19H,5,12H2,1-4H3. The summed E-state index contributed by atoms with van der Waals surface area (Å²) >= 11 is 0. The zero-order valence-electron chi connectivity index (χ0n) is 13.3. The maximum atomic E-state index is 5.88. The van der Waals surface area contributed by atoms with Gasteiger partial charge in [-0.3, -0.25) is 0 Å². The topological polar surface area (TPSA) is 34.1 Å². The van der Waals surface area contributed by atoms with Gasteiger partial charge in [0.2, 0.25) is 5.88 Å². The van der Waals surface area contributed by atoms with Gasteiger partial charge in [0.15, 0.2) is 0 Å². The van der Waals surface area contributed by atoms with Crippen LogP contribution in [0.5, 0.6) is 11.6 Å². The third-order valence-corrected chi connectivity index (χ3v) is 3.48.